The average molecular weight is 273 g/mol. The third-order valence-electron chi connectivity index (χ3n) is 1.91. The Kier molecular flexibility index (Phi) is 7.25. The predicted octanol–water partition coefficient (Wildman–Crippen LogP) is 4.09. The van der Waals surface area contributed by atoms with Crippen LogP contribution in [0.15, 0.2) is 48.8 Å². The fourth-order valence-electron chi connectivity index (χ4n) is 1.19. The van der Waals surface area contributed by atoms with Crippen LogP contribution < -0.4 is 0 Å². The molecule has 0 bridgehead atoms. The molecule has 0 atom stereocenters. The second-order valence-corrected chi connectivity index (χ2v) is 4.93. The number of pyridine rings is 2. The first-order valence-electron chi connectivity index (χ1n) is 5.65. The summed E-state index contributed by atoms with van der Waals surface area (Å²) in [4.78, 5) is 8.37. The van der Waals surface area contributed by atoms with E-state index in [1.807, 2.05) is 50.8 Å². The van der Waals surface area contributed by atoms with Crippen molar-refractivity contribution in [3.8, 4) is 11.4 Å². The molecule has 0 aliphatic carbocycles. The van der Waals surface area contributed by atoms with Crippen molar-refractivity contribution < 1.29 is 14.4 Å². The molecule has 0 fully saturated rings. The van der Waals surface area contributed by atoms with Gasteiger partial charge in [-0.2, -0.15) is 0 Å². The Morgan fingerprint density at radius 3 is 1.53 bits per heavy atom. The summed E-state index contributed by atoms with van der Waals surface area (Å²) in [6.07, 6.45) is 3.54. The quantitative estimate of drug-likeness (QED) is 0.787. The fourth-order valence-corrected chi connectivity index (χ4v) is 1.68. The van der Waals surface area contributed by atoms with Crippen molar-refractivity contribution in [3.63, 3.8) is 0 Å². The maximum Gasteiger partial charge on any atom is 0.0886 e. The molecule has 17 heavy (non-hydrogen) atoms. The van der Waals surface area contributed by atoms with Gasteiger partial charge in [-0.1, -0.05) is 12.1 Å². The smallest absolute Gasteiger partial charge is 0.0886 e. The van der Waals surface area contributed by atoms with Gasteiger partial charge in [-0.15, -0.1) is 0 Å². The zero-order valence-corrected chi connectivity index (χ0v) is 11.2. The minimum absolute atomic E-state index is 0.915. The number of nitrogens with zero attached hydrogens (tertiary/aromatic N) is 2. The van der Waals surface area contributed by atoms with Crippen LogP contribution in [0.1, 0.15) is 13.8 Å². The van der Waals surface area contributed by atoms with E-state index in [0.717, 1.165) is 11.4 Å². The van der Waals surface area contributed by atoms with Crippen LogP contribution in [-0.4, -0.2) is 9.97 Å². The monoisotopic (exact) mass is 272 g/mol. The standard InChI is InChI=1S/C10H8N2.2C2H5.Ni/c1-3-7-11-9(5-1)10-6-2-4-8-12-10;2*1-2;/h1-8H;2*1H2,2H3;. The van der Waals surface area contributed by atoms with Gasteiger partial charge in [0.2, 0.25) is 0 Å². The molecule has 0 aromatic carbocycles. The predicted molar refractivity (Wildman–Crippen MR) is 68.4 cm³/mol. The van der Waals surface area contributed by atoms with Crippen LogP contribution in [0.4, 0.5) is 0 Å². The van der Waals surface area contributed by atoms with Crippen molar-refractivity contribution >= 4 is 0 Å². The van der Waals surface area contributed by atoms with Crippen LogP contribution in [0.5, 0.6) is 0 Å². The average Bonchev–Trinajstić information content (AvgIpc) is 2.42. The van der Waals surface area contributed by atoms with Crippen LogP contribution in [0.2, 0.25) is 10.8 Å². The minimum atomic E-state index is 0.915. The van der Waals surface area contributed by atoms with Gasteiger partial charge in [0.15, 0.2) is 0 Å². The topological polar surface area (TPSA) is 25.8 Å². The first-order chi connectivity index (χ1) is 8.38. The summed E-state index contributed by atoms with van der Waals surface area (Å²) in [5.41, 5.74) is 1.83. The molecule has 0 saturated heterocycles. The van der Waals surface area contributed by atoms with E-state index in [0.29, 0.717) is 0 Å². The van der Waals surface area contributed by atoms with Gasteiger partial charge in [-0.05, 0) is 24.3 Å². The maximum atomic E-state index is 4.19. The van der Waals surface area contributed by atoms with Gasteiger partial charge in [0.25, 0.3) is 0 Å². The summed E-state index contributed by atoms with van der Waals surface area (Å²) in [7, 11) is 0. The Morgan fingerprint density at radius 1 is 0.824 bits per heavy atom. The van der Waals surface area contributed by atoms with Crippen LogP contribution in [0.25, 0.3) is 11.4 Å². The number of rotatable bonds is 3. The molecule has 3 heteroatoms. The molecule has 0 spiro atoms. The fraction of sp³-hybridized carbons (Fsp3) is 0.286. The molecule has 94 valence electrons. The van der Waals surface area contributed by atoms with Crippen molar-refractivity contribution in [2.75, 3.05) is 0 Å². The van der Waals surface area contributed by atoms with Crippen LogP contribution in [0, 0.1) is 0 Å². The summed E-state index contributed by atoms with van der Waals surface area (Å²) in [6, 6.07) is 11.6. The Balaban J connectivity index is 0.000000249. The number of aromatic nitrogens is 2. The second-order valence-electron chi connectivity index (χ2n) is 3.04. The molecule has 2 rings (SSSR count). The molecule has 0 aliphatic rings. The Hall–Kier alpha value is -1.21. The van der Waals surface area contributed by atoms with E-state index in [2.05, 4.69) is 23.8 Å². The number of hydrogen-bond acceptors (Lipinski definition) is 2. The van der Waals surface area contributed by atoms with Crippen molar-refractivity contribution in [1.29, 1.82) is 0 Å². The van der Waals surface area contributed by atoms with E-state index in [9.17, 15) is 0 Å². The molecule has 0 radical (unpaired) electrons. The summed E-state index contributed by atoms with van der Waals surface area (Å²) in [5, 5.41) is 2.56. The van der Waals surface area contributed by atoms with Gasteiger partial charge in [0, 0.05) is 12.4 Å². The van der Waals surface area contributed by atoms with Gasteiger partial charge in [-0.25, -0.2) is 0 Å². The van der Waals surface area contributed by atoms with Crippen LogP contribution in [-0.2, 0) is 14.4 Å². The molecule has 2 heterocycles. The van der Waals surface area contributed by atoms with Crippen molar-refractivity contribution in [2.45, 2.75) is 24.6 Å². The summed E-state index contributed by atoms with van der Waals surface area (Å²) >= 11 is 1.82. The zero-order chi connectivity index (χ0) is 12.3. The van der Waals surface area contributed by atoms with E-state index in [-0.39, 0.29) is 0 Å². The number of hydrogen-bond donors (Lipinski definition) is 0. The van der Waals surface area contributed by atoms with Gasteiger partial charge in [0.1, 0.15) is 0 Å². The van der Waals surface area contributed by atoms with Crippen LogP contribution >= 0.6 is 0 Å². The van der Waals surface area contributed by atoms with E-state index in [4.69, 9.17) is 0 Å². The summed E-state index contributed by atoms with van der Waals surface area (Å²) < 4.78 is 0. The molecule has 0 N–H and O–H groups in total. The first kappa shape index (κ1) is 13.9. The third kappa shape index (κ3) is 5.60. The second kappa shape index (κ2) is 8.89. The van der Waals surface area contributed by atoms with E-state index in [1.165, 1.54) is 10.8 Å². The first-order valence-corrected chi connectivity index (χ1v) is 7.05. The normalized spacial score (nSPS) is 9.53. The molecule has 2 aromatic rings. The largest absolute Gasteiger partial charge is 0.255 e. The molecule has 2 nitrogen and oxygen atoms in total. The molecule has 0 saturated carbocycles. The summed E-state index contributed by atoms with van der Waals surface area (Å²) in [5.74, 6) is 0. The Morgan fingerprint density at radius 2 is 1.29 bits per heavy atom. The zero-order valence-electron chi connectivity index (χ0n) is 10.2. The maximum absolute atomic E-state index is 4.19. The van der Waals surface area contributed by atoms with E-state index in [1.54, 1.807) is 12.4 Å². The third-order valence-corrected chi connectivity index (χ3v) is 2.90. The molecule has 2 aromatic heterocycles. The van der Waals surface area contributed by atoms with Crippen molar-refractivity contribution in [2.24, 2.45) is 0 Å². The van der Waals surface area contributed by atoms with E-state index < -0.39 is 0 Å². The molecular formula is C14H18N2Ni. The van der Waals surface area contributed by atoms with Gasteiger partial charge in [0.05, 0.1) is 11.4 Å². The molecule has 0 amide bonds. The molecule has 0 unspecified atom stereocenters. The molecule has 0 aliphatic heterocycles. The van der Waals surface area contributed by atoms with Gasteiger partial charge < -0.3 is 0 Å². The van der Waals surface area contributed by atoms with Gasteiger partial charge >= 0.3 is 39.1 Å². The van der Waals surface area contributed by atoms with Crippen molar-refractivity contribution in [3.05, 3.63) is 48.8 Å². The summed E-state index contributed by atoms with van der Waals surface area (Å²) in [6.45, 7) is 4.37. The van der Waals surface area contributed by atoms with Gasteiger partial charge in [-0.3, -0.25) is 9.97 Å². The van der Waals surface area contributed by atoms with Crippen molar-refractivity contribution in [1.82, 2.24) is 9.97 Å². The SMILES string of the molecule is C[CH2][Ni][CH2]C.c1ccc(-c2ccccn2)nc1. The van der Waals surface area contributed by atoms with Crippen LogP contribution in [0.3, 0.4) is 0 Å². The minimum Gasteiger partial charge on any atom is -0.255 e. The molecular weight excluding hydrogens is 255 g/mol. The van der Waals surface area contributed by atoms with E-state index >= 15 is 0 Å². The Labute approximate surface area is 109 Å². The Bertz CT molecular complexity index is 350.